The Morgan fingerprint density at radius 1 is 1.19 bits per heavy atom. The Kier molecular flexibility index (Phi) is 2.83. The summed E-state index contributed by atoms with van der Waals surface area (Å²) in [7, 11) is 0. The Bertz CT molecular complexity index is 375. The van der Waals surface area contributed by atoms with Crippen LogP contribution in [0.15, 0.2) is 24.3 Å². The van der Waals surface area contributed by atoms with Gasteiger partial charge in [0.25, 0.3) is 0 Å². The highest BCUT2D eigenvalue weighted by Gasteiger charge is 2.47. The van der Waals surface area contributed by atoms with Crippen LogP contribution in [0.2, 0.25) is 0 Å². The predicted molar refractivity (Wildman–Crippen MR) is 71.9 cm³/mol. The molecule has 0 saturated heterocycles. The van der Waals surface area contributed by atoms with Crippen LogP contribution in [-0.4, -0.2) is 4.83 Å². The first-order chi connectivity index (χ1) is 7.74. The summed E-state index contributed by atoms with van der Waals surface area (Å²) in [5.41, 5.74) is 2.96. The van der Waals surface area contributed by atoms with E-state index in [1.807, 2.05) is 0 Å². The van der Waals surface area contributed by atoms with Crippen molar-refractivity contribution < 1.29 is 0 Å². The molecular formula is C15H19Br. The van der Waals surface area contributed by atoms with Gasteiger partial charge in [-0.1, -0.05) is 40.2 Å². The van der Waals surface area contributed by atoms with Gasteiger partial charge < -0.3 is 0 Å². The Morgan fingerprint density at radius 3 is 2.56 bits per heavy atom. The van der Waals surface area contributed by atoms with E-state index in [0.717, 1.165) is 17.8 Å². The van der Waals surface area contributed by atoms with E-state index in [1.54, 1.807) is 0 Å². The van der Waals surface area contributed by atoms with E-state index < -0.39 is 0 Å². The van der Waals surface area contributed by atoms with Gasteiger partial charge in [0.2, 0.25) is 0 Å². The van der Waals surface area contributed by atoms with Crippen LogP contribution in [0.25, 0.3) is 0 Å². The van der Waals surface area contributed by atoms with E-state index >= 15 is 0 Å². The van der Waals surface area contributed by atoms with Crippen LogP contribution in [-0.2, 0) is 6.42 Å². The fourth-order valence-corrected chi connectivity index (χ4v) is 4.05. The van der Waals surface area contributed by atoms with Crippen molar-refractivity contribution in [3.63, 3.8) is 0 Å². The number of aryl methyl sites for hydroxylation is 1. The molecule has 0 spiro atoms. The van der Waals surface area contributed by atoms with Crippen molar-refractivity contribution in [2.24, 2.45) is 17.8 Å². The molecule has 1 aromatic rings. The number of hydrogen-bond donors (Lipinski definition) is 0. The molecule has 0 amide bonds. The zero-order valence-electron chi connectivity index (χ0n) is 9.83. The third-order valence-corrected chi connectivity index (χ3v) is 5.54. The summed E-state index contributed by atoms with van der Waals surface area (Å²) < 4.78 is 0. The van der Waals surface area contributed by atoms with Gasteiger partial charge in [-0.05, 0) is 61.5 Å². The fourth-order valence-electron chi connectivity index (χ4n) is 3.27. The third-order valence-electron chi connectivity index (χ3n) is 4.47. The largest absolute Gasteiger partial charge is 0.0884 e. The summed E-state index contributed by atoms with van der Waals surface area (Å²) in [6, 6.07) is 8.79. The van der Waals surface area contributed by atoms with Gasteiger partial charge in [-0.3, -0.25) is 0 Å². The second-order valence-corrected chi connectivity index (χ2v) is 6.81. The molecule has 2 aliphatic carbocycles. The summed E-state index contributed by atoms with van der Waals surface area (Å²) in [4.78, 5) is 0.696. The van der Waals surface area contributed by atoms with Crippen LogP contribution >= 0.6 is 15.9 Å². The number of fused-ring (bicyclic) bond motifs is 1. The van der Waals surface area contributed by atoms with Crippen LogP contribution in [0.4, 0.5) is 0 Å². The lowest BCUT2D eigenvalue weighted by atomic mass is 9.93. The van der Waals surface area contributed by atoms with E-state index in [2.05, 4.69) is 47.1 Å². The molecule has 0 heterocycles. The summed E-state index contributed by atoms with van der Waals surface area (Å²) >= 11 is 3.92. The van der Waals surface area contributed by atoms with E-state index in [1.165, 1.54) is 36.8 Å². The maximum Gasteiger partial charge on any atom is 0.0214 e. The molecule has 0 aromatic heterocycles. The van der Waals surface area contributed by atoms with Gasteiger partial charge in [0, 0.05) is 4.83 Å². The lowest BCUT2D eigenvalue weighted by Crippen LogP contribution is -2.16. The summed E-state index contributed by atoms with van der Waals surface area (Å²) in [6.45, 7) is 2.22. The summed E-state index contributed by atoms with van der Waals surface area (Å²) in [5.74, 6) is 3.13. The van der Waals surface area contributed by atoms with Gasteiger partial charge in [-0.25, -0.2) is 0 Å². The van der Waals surface area contributed by atoms with E-state index in [0.29, 0.717) is 4.83 Å². The smallest absolute Gasteiger partial charge is 0.0214 e. The van der Waals surface area contributed by atoms with Gasteiger partial charge in [-0.2, -0.15) is 0 Å². The number of rotatable bonds is 3. The molecule has 3 atom stereocenters. The van der Waals surface area contributed by atoms with E-state index in [9.17, 15) is 0 Å². The number of alkyl halides is 1. The minimum absolute atomic E-state index is 0.696. The first-order valence-electron chi connectivity index (χ1n) is 6.42. The molecule has 1 heteroatoms. The molecule has 2 aliphatic rings. The molecule has 3 rings (SSSR count). The van der Waals surface area contributed by atoms with Crippen molar-refractivity contribution in [2.45, 2.75) is 37.4 Å². The SMILES string of the molecule is Cc1ccccc1CC(Br)C1CC2CC2C1. The van der Waals surface area contributed by atoms with Crippen LogP contribution in [0, 0.1) is 24.7 Å². The number of halogens is 1. The van der Waals surface area contributed by atoms with Crippen molar-refractivity contribution in [1.82, 2.24) is 0 Å². The van der Waals surface area contributed by atoms with Crippen molar-refractivity contribution in [3.8, 4) is 0 Å². The zero-order valence-corrected chi connectivity index (χ0v) is 11.4. The Labute approximate surface area is 107 Å². The van der Waals surface area contributed by atoms with Gasteiger partial charge in [-0.15, -0.1) is 0 Å². The van der Waals surface area contributed by atoms with Crippen LogP contribution < -0.4 is 0 Å². The maximum absolute atomic E-state index is 3.92. The predicted octanol–water partition coefficient (Wildman–Crippen LogP) is 4.35. The van der Waals surface area contributed by atoms with Gasteiger partial charge in [0.15, 0.2) is 0 Å². The average molecular weight is 279 g/mol. The molecule has 0 bridgehead atoms. The van der Waals surface area contributed by atoms with E-state index in [4.69, 9.17) is 0 Å². The molecule has 2 saturated carbocycles. The van der Waals surface area contributed by atoms with Crippen molar-refractivity contribution in [3.05, 3.63) is 35.4 Å². The van der Waals surface area contributed by atoms with Crippen LogP contribution in [0.1, 0.15) is 30.4 Å². The minimum Gasteiger partial charge on any atom is -0.0884 e. The van der Waals surface area contributed by atoms with Gasteiger partial charge in [0.05, 0.1) is 0 Å². The fraction of sp³-hybridized carbons (Fsp3) is 0.600. The van der Waals surface area contributed by atoms with Crippen molar-refractivity contribution in [2.75, 3.05) is 0 Å². The highest BCUT2D eigenvalue weighted by molar-refractivity contribution is 9.09. The molecule has 0 N–H and O–H groups in total. The molecule has 3 unspecified atom stereocenters. The Balaban J connectivity index is 1.64. The maximum atomic E-state index is 3.92. The number of hydrogen-bond acceptors (Lipinski definition) is 0. The topological polar surface area (TPSA) is 0 Å². The summed E-state index contributed by atoms with van der Waals surface area (Å²) in [6.07, 6.45) is 5.69. The highest BCUT2D eigenvalue weighted by atomic mass is 79.9. The normalized spacial score (nSPS) is 33.5. The second-order valence-electron chi connectivity index (χ2n) is 5.63. The summed E-state index contributed by atoms with van der Waals surface area (Å²) in [5, 5.41) is 0. The second kappa shape index (κ2) is 4.18. The Morgan fingerprint density at radius 2 is 1.88 bits per heavy atom. The van der Waals surface area contributed by atoms with Crippen LogP contribution in [0.3, 0.4) is 0 Å². The zero-order chi connectivity index (χ0) is 11.1. The quantitative estimate of drug-likeness (QED) is 0.722. The molecule has 2 fully saturated rings. The molecule has 16 heavy (non-hydrogen) atoms. The standard InChI is InChI=1S/C15H19Br/c1-10-4-2-3-5-11(10)9-15(16)14-7-12-6-13(12)8-14/h2-5,12-15H,6-9H2,1H3. The number of benzene rings is 1. The van der Waals surface area contributed by atoms with Crippen molar-refractivity contribution in [1.29, 1.82) is 0 Å². The average Bonchev–Trinajstić information content (AvgIpc) is 2.89. The van der Waals surface area contributed by atoms with Gasteiger partial charge in [0.1, 0.15) is 0 Å². The molecule has 1 aromatic carbocycles. The van der Waals surface area contributed by atoms with Crippen molar-refractivity contribution >= 4 is 15.9 Å². The van der Waals surface area contributed by atoms with Crippen LogP contribution in [0.5, 0.6) is 0 Å². The van der Waals surface area contributed by atoms with Gasteiger partial charge >= 0.3 is 0 Å². The molecule has 86 valence electrons. The van der Waals surface area contributed by atoms with E-state index in [-0.39, 0.29) is 0 Å². The molecule has 0 radical (unpaired) electrons. The first kappa shape index (κ1) is 10.8. The molecule has 0 aliphatic heterocycles. The highest BCUT2D eigenvalue weighted by Crippen LogP contribution is 2.56. The Hall–Kier alpha value is -0.300. The third kappa shape index (κ3) is 2.07. The molecular weight excluding hydrogens is 260 g/mol. The monoisotopic (exact) mass is 278 g/mol. The lowest BCUT2D eigenvalue weighted by molar-refractivity contribution is 0.470. The first-order valence-corrected chi connectivity index (χ1v) is 7.34. The molecule has 0 nitrogen and oxygen atoms in total. The lowest BCUT2D eigenvalue weighted by Gasteiger charge is -2.19. The minimum atomic E-state index is 0.696.